The summed E-state index contributed by atoms with van der Waals surface area (Å²) in [7, 11) is 3.98. The molecule has 3 aliphatic rings. The maximum absolute atomic E-state index is 10.5. The summed E-state index contributed by atoms with van der Waals surface area (Å²) < 4.78 is 0. The van der Waals surface area contributed by atoms with Crippen LogP contribution in [-0.2, 0) is 6.42 Å². The molecule has 0 aromatic carbocycles. The highest BCUT2D eigenvalue weighted by Gasteiger charge is 2.38. The largest absolute Gasteiger partial charge is 0.388 e. The van der Waals surface area contributed by atoms with Crippen LogP contribution in [0.4, 0.5) is 11.8 Å². The lowest BCUT2D eigenvalue weighted by atomic mass is 9.80. The van der Waals surface area contributed by atoms with Crippen LogP contribution in [-0.4, -0.2) is 64.3 Å². The average Bonchev–Trinajstić information content (AvgIpc) is 2.99. The predicted molar refractivity (Wildman–Crippen MR) is 101 cm³/mol. The van der Waals surface area contributed by atoms with E-state index in [0.29, 0.717) is 19.0 Å². The number of anilines is 2. The molecule has 138 valence electrons. The molecule has 0 saturated heterocycles. The Morgan fingerprint density at radius 2 is 1.56 bits per heavy atom. The van der Waals surface area contributed by atoms with Gasteiger partial charge in [0.05, 0.1) is 21.8 Å². The zero-order chi connectivity index (χ0) is 17.7. The van der Waals surface area contributed by atoms with Crippen molar-refractivity contribution in [1.29, 1.82) is 0 Å². The molecule has 0 atom stereocenters. The number of rotatable bonds is 6. The molecular formula is C18H28N4O2S. The second kappa shape index (κ2) is 6.28. The minimum atomic E-state index is -0.584. The Labute approximate surface area is 153 Å². The molecule has 7 heteroatoms. The van der Waals surface area contributed by atoms with E-state index in [1.165, 1.54) is 0 Å². The fraction of sp³-hybridized carbons (Fsp3) is 0.778. The van der Waals surface area contributed by atoms with Crippen molar-refractivity contribution in [2.75, 3.05) is 42.7 Å². The third-order valence-electron chi connectivity index (χ3n) is 5.83. The fourth-order valence-corrected chi connectivity index (χ4v) is 5.13. The van der Waals surface area contributed by atoms with Crippen LogP contribution in [0.1, 0.15) is 44.2 Å². The quantitative estimate of drug-likeness (QED) is 0.798. The van der Waals surface area contributed by atoms with Gasteiger partial charge in [-0.25, -0.2) is 4.98 Å². The van der Waals surface area contributed by atoms with Gasteiger partial charge in [0.25, 0.3) is 0 Å². The Balaban J connectivity index is 1.58. The van der Waals surface area contributed by atoms with Crippen molar-refractivity contribution in [3.63, 3.8) is 0 Å². The van der Waals surface area contributed by atoms with Crippen molar-refractivity contribution in [1.82, 2.24) is 9.97 Å². The van der Waals surface area contributed by atoms with Gasteiger partial charge in [0.1, 0.15) is 5.82 Å². The topological polar surface area (TPSA) is 72.7 Å². The summed E-state index contributed by atoms with van der Waals surface area (Å²) in [6.07, 6.45) is 6.62. The molecule has 25 heavy (non-hydrogen) atoms. The van der Waals surface area contributed by atoms with E-state index in [1.807, 2.05) is 30.8 Å². The van der Waals surface area contributed by atoms with Gasteiger partial charge in [0.15, 0.2) is 0 Å². The maximum Gasteiger partial charge on any atom is 0.227 e. The standard InChI is InChI=1S/C18H28N4O2S/c1-21(11-17(23)6-3-7-17)15-14-13(5-10-25-14)19-16(20-15)22(2)12-18(24)8-4-9-18/h23-24H,3-12H2,1-2H3. The lowest BCUT2D eigenvalue weighted by Gasteiger charge is -2.41. The van der Waals surface area contributed by atoms with Crippen LogP contribution in [0, 0.1) is 0 Å². The van der Waals surface area contributed by atoms with Gasteiger partial charge in [-0.05, 0) is 38.5 Å². The second-order valence-electron chi connectivity index (χ2n) is 8.09. The first-order valence-corrected chi connectivity index (χ1v) is 10.3. The number of hydrogen-bond donors (Lipinski definition) is 2. The number of thioether (sulfide) groups is 1. The zero-order valence-corrected chi connectivity index (χ0v) is 16.0. The summed E-state index contributed by atoms with van der Waals surface area (Å²) in [4.78, 5) is 14.8. The predicted octanol–water partition coefficient (Wildman–Crippen LogP) is 1.83. The highest BCUT2D eigenvalue weighted by Crippen LogP contribution is 2.40. The Hall–Kier alpha value is -1.05. The summed E-state index contributed by atoms with van der Waals surface area (Å²) in [5.41, 5.74) is -0.0490. The van der Waals surface area contributed by atoms with E-state index in [-0.39, 0.29) is 0 Å². The molecule has 2 aliphatic carbocycles. The van der Waals surface area contributed by atoms with E-state index in [4.69, 9.17) is 9.97 Å². The molecule has 2 fully saturated rings. The summed E-state index contributed by atoms with van der Waals surface area (Å²) in [6.45, 7) is 1.19. The van der Waals surface area contributed by atoms with Crippen LogP contribution in [0.25, 0.3) is 0 Å². The van der Waals surface area contributed by atoms with Crippen LogP contribution < -0.4 is 9.80 Å². The first kappa shape index (κ1) is 17.4. The van der Waals surface area contributed by atoms with E-state index in [9.17, 15) is 10.2 Å². The second-order valence-corrected chi connectivity index (χ2v) is 9.19. The Bertz CT molecular complexity index is 661. The minimum Gasteiger partial charge on any atom is -0.388 e. The first-order valence-electron chi connectivity index (χ1n) is 9.28. The van der Waals surface area contributed by atoms with Crippen molar-refractivity contribution in [3.05, 3.63) is 5.69 Å². The summed E-state index contributed by atoms with van der Waals surface area (Å²) in [6, 6.07) is 0. The van der Waals surface area contributed by atoms with Crippen LogP contribution in [0.5, 0.6) is 0 Å². The number of aryl methyl sites for hydroxylation is 1. The van der Waals surface area contributed by atoms with E-state index < -0.39 is 11.2 Å². The molecule has 4 rings (SSSR count). The molecule has 1 aromatic heterocycles. The molecular weight excluding hydrogens is 336 g/mol. The van der Waals surface area contributed by atoms with Crippen LogP contribution in [0.3, 0.4) is 0 Å². The van der Waals surface area contributed by atoms with Gasteiger partial charge in [0.2, 0.25) is 5.95 Å². The smallest absolute Gasteiger partial charge is 0.227 e. The van der Waals surface area contributed by atoms with Gasteiger partial charge in [-0.1, -0.05) is 0 Å². The molecule has 6 nitrogen and oxygen atoms in total. The molecule has 0 radical (unpaired) electrons. The monoisotopic (exact) mass is 364 g/mol. The molecule has 2 heterocycles. The lowest BCUT2D eigenvalue weighted by Crippen LogP contribution is -2.48. The fourth-order valence-electron chi connectivity index (χ4n) is 3.98. The third kappa shape index (κ3) is 3.34. The Kier molecular flexibility index (Phi) is 4.37. The lowest BCUT2D eigenvalue weighted by molar-refractivity contribution is -0.0250. The maximum atomic E-state index is 10.5. The van der Waals surface area contributed by atoms with Gasteiger partial charge >= 0.3 is 0 Å². The van der Waals surface area contributed by atoms with E-state index >= 15 is 0 Å². The number of aliphatic hydroxyl groups is 2. The first-order chi connectivity index (χ1) is 11.9. The SMILES string of the molecule is CN(CC1(O)CCC1)c1nc2c(c(N(C)CC3(O)CCC3)n1)SCC2. The van der Waals surface area contributed by atoms with Crippen LogP contribution >= 0.6 is 11.8 Å². The van der Waals surface area contributed by atoms with Gasteiger partial charge in [-0.3, -0.25) is 0 Å². The molecule has 0 amide bonds. The number of nitrogens with zero attached hydrogens (tertiary/aromatic N) is 4. The Morgan fingerprint density at radius 3 is 2.12 bits per heavy atom. The van der Waals surface area contributed by atoms with Gasteiger partial charge < -0.3 is 20.0 Å². The number of aromatic nitrogens is 2. The molecule has 1 aromatic rings. The van der Waals surface area contributed by atoms with Crippen molar-refractivity contribution in [2.45, 2.75) is 61.0 Å². The number of hydrogen-bond acceptors (Lipinski definition) is 7. The van der Waals surface area contributed by atoms with Gasteiger partial charge in [-0.2, -0.15) is 4.98 Å². The molecule has 2 N–H and O–H groups in total. The van der Waals surface area contributed by atoms with E-state index in [2.05, 4.69) is 4.90 Å². The van der Waals surface area contributed by atoms with Crippen LogP contribution in [0.15, 0.2) is 4.90 Å². The number of fused-ring (bicyclic) bond motifs is 1. The van der Waals surface area contributed by atoms with Gasteiger partial charge in [-0.15, -0.1) is 11.8 Å². The van der Waals surface area contributed by atoms with Gasteiger partial charge in [0, 0.05) is 39.4 Å². The number of likely N-dealkylation sites (N-methyl/N-ethyl adjacent to an activating group) is 2. The summed E-state index contributed by atoms with van der Waals surface area (Å²) in [5.74, 6) is 2.64. The normalized spacial score (nSPS) is 22.7. The van der Waals surface area contributed by atoms with Crippen molar-refractivity contribution in [3.8, 4) is 0 Å². The average molecular weight is 365 g/mol. The third-order valence-corrected chi connectivity index (χ3v) is 6.94. The zero-order valence-electron chi connectivity index (χ0n) is 15.2. The van der Waals surface area contributed by atoms with Crippen LogP contribution in [0.2, 0.25) is 0 Å². The molecule has 0 unspecified atom stereocenters. The minimum absolute atomic E-state index is 0.566. The highest BCUT2D eigenvalue weighted by molar-refractivity contribution is 7.99. The molecule has 1 aliphatic heterocycles. The summed E-state index contributed by atoms with van der Waals surface area (Å²) >= 11 is 1.81. The molecule has 0 bridgehead atoms. The van der Waals surface area contributed by atoms with Crippen molar-refractivity contribution < 1.29 is 10.2 Å². The van der Waals surface area contributed by atoms with E-state index in [1.54, 1.807) is 0 Å². The Morgan fingerprint density at radius 1 is 0.960 bits per heavy atom. The van der Waals surface area contributed by atoms with Crippen molar-refractivity contribution in [2.24, 2.45) is 0 Å². The highest BCUT2D eigenvalue weighted by atomic mass is 32.2. The molecule has 2 saturated carbocycles. The van der Waals surface area contributed by atoms with E-state index in [0.717, 1.165) is 67.1 Å². The van der Waals surface area contributed by atoms with Crippen molar-refractivity contribution >= 4 is 23.5 Å². The molecule has 0 spiro atoms. The summed E-state index contributed by atoms with van der Waals surface area (Å²) in [5, 5.41) is 21.0.